The van der Waals surface area contributed by atoms with E-state index in [4.69, 9.17) is 30.1 Å². The fourth-order valence-electron chi connectivity index (χ4n) is 7.82. The lowest BCUT2D eigenvalue weighted by Gasteiger charge is -2.39. The van der Waals surface area contributed by atoms with Gasteiger partial charge in [-0.3, -0.25) is 14.7 Å². The van der Waals surface area contributed by atoms with E-state index in [9.17, 15) is 19.8 Å². The van der Waals surface area contributed by atoms with E-state index in [1.807, 2.05) is 24.4 Å². The minimum Gasteiger partial charge on any atom is -0.507 e. The van der Waals surface area contributed by atoms with Crippen molar-refractivity contribution in [1.29, 1.82) is 0 Å². The van der Waals surface area contributed by atoms with Gasteiger partial charge in [-0.1, -0.05) is 0 Å². The predicted molar refractivity (Wildman–Crippen MR) is 200 cm³/mol. The summed E-state index contributed by atoms with van der Waals surface area (Å²) in [5.74, 6) is 0.659. The normalized spacial score (nSPS) is 23.4. The first kappa shape index (κ1) is 35.5. The van der Waals surface area contributed by atoms with Crippen LogP contribution in [0.3, 0.4) is 0 Å². The number of quaternary nitrogens is 1. The number of phenols is 1. The van der Waals surface area contributed by atoms with Gasteiger partial charge in [0.25, 0.3) is 0 Å². The largest absolute Gasteiger partial charge is 0.507 e. The molecule has 4 aliphatic heterocycles. The van der Waals surface area contributed by atoms with Crippen molar-refractivity contribution in [3.8, 4) is 22.8 Å². The third-order valence-corrected chi connectivity index (χ3v) is 10.6. The molecule has 0 bridgehead atoms. The van der Waals surface area contributed by atoms with Crippen LogP contribution in [0, 0.1) is 6.92 Å². The third-order valence-electron chi connectivity index (χ3n) is 10.6. The Morgan fingerprint density at radius 3 is 2.72 bits per heavy atom. The molecule has 14 nitrogen and oxygen atoms in total. The zero-order valence-corrected chi connectivity index (χ0v) is 30.3. The number of aliphatic hydroxyl groups excluding tert-OH is 1. The number of aliphatic hydroxyl groups is 1. The highest BCUT2D eigenvalue weighted by atomic mass is 16.7. The van der Waals surface area contributed by atoms with Gasteiger partial charge in [0.1, 0.15) is 76.6 Å². The van der Waals surface area contributed by atoms with Gasteiger partial charge in [-0.25, -0.2) is 14.8 Å². The number of phenolic OH excluding ortho intramolecular Hbond substituents is 1. The molecule has 1 aromatic carbocycles. The molecule has 7 heterocycles. The highest BCUT2D eigenvalue weighted by molar-refractivity contribution is 6.06. The molecule has 4 aromatic rings. The van der Waals surface area contributed by atoms with E-state index in [1.54, 1.807) is 39.0 Å². The zero-order chi connectivity index (χ0) is 37.9. The molecule has 1 fully saturated rings. The van der Waals surface area contributed by atoms with E-state index in [0.717, 1.165) is 34.7 Å². The number of benzene rings is 1. The van der Waals surface area contributed by atoms with Gasteiger partial charge < -0.3 is 40.3 Å². The predicted octanol–water partition coefficient (Wildman–Crippen LogP) is 2.85. The number of carbonyl (C=O) groups excluding carboxylic acids is 1. The molecule has 7 N–H and O–H groups in total. The number of hydrogen-bond donors (Lipinski definition) is 5. The number of nitrogens with one attached hydrogen (secondary N) is 1. The number of nitrogens with zero attached hydrogens (tertiary/aromatic N) is 3. The number of aromatic nitrogens is 2. The second-order valence-electron chi connectivity index (χ2n) is 15.0. The summed E-state index contributed by atoms with van der Waals surface area (Å²) in [5, 5.41) is 20.9. The number of anilines is 2. The fourth-order valence-corrected chi connectivity index (χ4v) is 7.82. The number of aliphatic imine (C=N–C) groups is 1. The number of allylic oxidation sites excluding steroid dienone is 1. The van der Waals surface area contributed by atoms with Crippen molar-refractivity contribution >= 4 is 34.3 Å². The number of pyridine rings is 2. The Kier molecular flexibility index (Phi) is 8.78. The van der Waals surface area contributed by atoms with Crippen LogP contribution >= 0.6 is 0 Å². The van der Waals surface area contributed by atoms with Gasteiger partial charge in [0.2, 0.25) is 0 Å². The van der Waals surface area contributed by atoms with Gasteiger partial charge in [0.15, 0.2) is 11.0 Å². The highest BCUT2D eigenvalue weighted by Gasteiger charge is 2.63. The van der Waals surface area contributed by atoms with Crippen molar-refractivity contribution in [3.63, 3.8) is 0 Å². The number of carbonyl (C=O) groups is 1. The second-order valence-corrected chi connectivity index (χ2v) is 15.0. The molecule has 280 valence electrons. The Balaban J connectivity index is 0.970. The van der Waals surface area contributed by atoms with Crippen molar-refractivity contribution in [3.05, 3.63) is 93.3 Å². The van der Waals surface area contributed by atoms with Gasteiger partial charge in [0.05, 0.1) is 23.1 Å². The fraction of sp³-hybridized carbons (Fsp3) is 0.375. The van der Waals surface area contributed by atoms with Crippen LogP contribution in [0.5, 0.6) is 11.5 Å². The zero-order valence-electron chi connectivity index (χ0n) is 30.3. The molecular formula is C40H43N6O8+. The number of aromatic hydroxyl groups is 1. The van der Waals surface area contributed by atoms with E-state index in [0.29, 0.717) is 60.2 Å². The number of esters is 1. The minimum atomic E-state index is -1.26. The number of nitrogens with two attached hydrogens (primary N) is 2. The number of aryl methyl sites for hydroxylation is 2. The average molecular weight is 736 g/mol. The van der Waals surface area contributed by atoms with E-state index >= 15 is 0 Å². The minimum absolute atomic E-state index is 0.0435. The first-order valence-corrected chi connectivity index (χ1v) is 18.1. The Hall–Kier alpha value is -5.57. The SMILES string of the molecule is Cc1cc(=O)c2c(O)c3c(cc2o1)OC(C)(C)C(OC(=O)C1(CCCO)OC1CCc1cc(N)nc(-c2cc(N)nc(C[NH+]4C=C5C=CN=C5C4)c2)c1)C3. The van der Waals surface area contributed by atoms with Crippen LogP contribution in [-0.4, -0.2) is 68.4 Å². The van der Waals surface area contributed by atoms with Crippen molar-refractivity contribution < 1.29 is 38.5 Å². The smallest absolute Gasteiger partial charge is 0.341 e. The monoisotopic (exact) mass is 735 g/mol. The molecule has 4 unspecified atom stereocenters. The Morgan fingerprint density at radius 2 is 1.93 bits per heavy atom. The number of rotatable bonds is 11. The number of hydrogen-bond acceptors (Lipinski definition) is 13. The lowest BCUT2D eigenvalue weighted by Crippen LogP contribution is -3.05. The molecule has 54 heavy (non-hydrogen) atoms. The summed E-state index contributed by atoms with van der Waals surface area (Å²) in [4.78, 5) is 41.5. The summed E-state index contributed by atoms with van der Waals surface area (Å²) < 4.78 is 24.2. The molecule has 1 saturated heterocycles. The van der Waals surface area contributed by atoms with Crippen LogP contribution in [0.1, 0.15) is 55.7 Å². The van der Waals surface area contributed by atoms with E-state index in [-0.39, 0.29) is 41.6 Å². The summed E-state index contributed by atoms with van der Waals surface area (Å²) in [5.41, 5.74) is 15.9. The molecule has 0 spiro atoms. The standard InChI is InChI=1S/C40H42N6O8/c1-21-11-29(48)36-31(51-21)17-30-26(37(36)49)16-33(39(2,3)53-30)52-38(50)40(8-4-10-47)32(54-40)6-5-22-12-27(45-34(41)13-22)24-14-25(44-35(42)15-24)19-46-18-23-7-9-43-28(23)20-46/h7,9,11-15,17-18,32-33,47,49H,4-6,8,10,16,19-20H2,1-3H3,(H2,41,45)(H2,42,44)/p+1. The van der Waals surface area contributed by atoms with E-state index in [2.05, 4.69) is 21.2 Å². The molecule has 0 saturated carbocycles. The van der Waals surface area contributed by atoms with Crippen molar-refractivity contribution in [1.82, 2.24) is 9.97 Å². The highest BCUT2D eigenvalue weighted by Crippen LogP contribution is 2.47. The lowest BCUT2D eigenvalue weighted by atomic mass is 9.89. The molecule has 3 aromatic heterocycles. The van der Waals surface area contributed by atoms with Crippen LogP contribution in [0.15, 0.2) is 74.7 Å². The second kappa shape index (κ2) is 13.4. The van der Waals surface area contributed by atoms with Crippen LogP contribution in [0.4, 0.5) is 11.6 Å². The molecule has 14 heteroatoms. The summed E-state index contributed by atoms with van der Waals surface area (Å²) in [6.07, 6.45) is 6.40. The topological polar surface area (TPSA) is 213 Å². The van der Waals surface area contributed by atoms with Crippen LogP contribution < -0.4 is 26.5 Å². The molecule has 4 atom stereocenters. The number of ether oxygens (including phenoxy) is 3. The summed E-state index contributed by atoms with van der Waals surface area (Å²) in [7, 11) is 0. The van der Waals surface area contributed by atoms with Gasteiger partial charge in [-0.2, -0.15) is 0 Å². The summed E-state index contributed by atoms with van der Waals surface area (Å²) in [6, 6.07) is 10.4. The molecule has 0 amide bonds. The summed E-state index contributed by atoms with van der Waals surface area (Å²) in [6.45, 7) is 6.54. The first-order chi connectivity index (χ1) is 25.8. The molecule has 0 aliphatic carbocycles. The molecule has 0 radical (unpaired) electrons. The van der Waals surface area contributed by atoms with Gasteiger partial charge >= 0.3 is 5.97 Å². The van der Waals surface area contributed by atoms with Gasteiger partial charge in [-0.05, 0) is 82.4 Å². The molecular weight excluding hydrogens is 692 g/mol. The van der Waals surface area contributed by atoms with Gasteiger partial charge in [-0.15, -0.1) is 0 Å². The Morgan fingerprint density at radius 1 is 1.11 bits per heavy atom. The van der Waals surface area contributed by atoms with E-state index in [1.165, 1.54) is 11.0 Å². The van der Waals surface area contributed by atoms with Crippen LogP contribution in [0.25, 0.3) is 22.2 Å². The molecule has 4 aliphatic rings. The quantitative estimate of drug-likeness (QED) is 0.111. The van der Waals surface area contributed by atoms with Crippen molar-refractivity contribution in [2.75, 3.05) is 24.6 Å². The number of epoxide rings is 1. The third kappa shape index (κ3) is 6.61. The maximum atomic E-state index is 14.0. The Bertz CT molecular complexity index is 2350. The Labute approximate surface area is 310 Å². The number of nitrogen functional groups attached to an aromatic ring is 2. The number of fused-ring (bicyclic) bond motifs is 3. The first-order valence-electron chi connectivity index (χ1n) is 18.1. The maximum absolute atomic E-state index is 14.0. The van der Waals surface area contributed by atoms with Crippen LogP contribution in [0.2, 0.25) is 0 Å². The average Bonchev–Trinajstić information content (AvgIpc) is 3.42. The van der Waals surface area contributed by atoms with Crippen LogP contribution in [-0.2, 0) is 33.7 Å². The maximum Gasteiger partial charge on any atom is 0.341 e. The lowest BCUT2D eigenvalue weighted by molar-refractivity contribution is -0.848. The molecule has 8 rings (SSSR count). The van der Waals surface area contributed by atoms with E-state index < -0.39 is 29.4 Å². The summed E-state index contributed by atoms with van der Waals surface area (Å²) >= 11 is 0. The van der Waals surface area contributed by atoms with Crippen molar-refractivity contribution in [2.24, 2.45) is 4.99 Å². The van der Waals surface area contributed by atoms with Crippen molar-refractivity contribution in [2.45, 2.75) is 82.8 Å². The van der Waals surface area contributed by atoms with Gasteiger partial charge in [0, 0.05) is 42.5 Å².